The van der Waals surface area contributed by atoms with E-state index in [0.717, 1.165) is 27.8 Å². The van der Waals surface area contributed by atoms with Crippen LogP contribution in [0.4, 0.5) is 4.79 Å². The van der Waals surface area contributed by atoms with E-state index in [1.165, 1.54) is 4.90 Å². The Labute approximate surface area is 239 Å². The van der Waals surface area contributed by atoms with Gasteiger partial charge in [0, 0.05) is 12.5 Å². The highest BCUT2D eigenvalue weighted by Crippen LogP contribution is 2.44. The summed E-state index contributed by atoms with van der Waals surface area (Å²) in [7, 11) is 0. The molecule has 0 bridgehead atoms. The fraction of sp³-hybridized carbons (Fsp3) is 0.344. The molecule has 3 aromatic rings. The number of rotatable bonds is 10. The van der Waals surface area contributed by atoms with Crippen molar-refractivity contribution >= 4 is 18.0 Å². The van der Waals surface area contributed by atoms with Gasteiger partial charge in [-0.2, -0.15) is 0 Å². The van der Waals surface area contributed by atoms with E-state index >= 15 is 0 Å². The Kier molecular flexibility index (Phi) is 8.96. The lowest BCUT2D eigenvalue weighted by Gasteiger charge is -2.38. The van der Waals surface area contributed by atoms with Crippen LogP contribution in [0.1, 0.15) is 36.0 Å². The first-order valence-corrected chi connectivity index (χ1v) is 13.8. The zero-order chi connectivity index (χ0) is 28.8. The molecule has 1 fully saturated rings. The summed E-state index contributed by atoms with van der Waals surface area (Å²) in [6.45, 7) is 2.64. The van der Waals surface area contributed by atoms with Crippen molar-refractivity contribution < 1.29 is 33.7 Å². The van der Waals surface area contributed by atoms with Crippen LogP contribution in [-0.2, 0) is 30.4 Å². The normalized spacial score (nSPS) is 17.7. The summed E-state index contributed by atoms with van der Waals surface area (Å²) in [6, 6.07) is 23.9. The first-order chi connectivity index (χ1) is 19.9. The minimum absolute atomic E-state index is 0.0964. The number of carboxylic acids is 1. The second kappa shape index (κ2) is 13.0. The highest BCUT2D eigenvalue weighted by molar-refractivity contribution is 5.87. The van der Waals surface area contributed by atoms with Gasteiger partial charge in [-0.05, 0) is 34.7 Å². The second-order valence-electron chi connectivity index (χ2n) is 10.3. The Balaban J connectivity index is 1.30. The van der Waals surface area contributed by atoms with E-state index in [4.69, 9.17) is 14.2 Å². The Hall–Kier alpha value is -4.21. The summed E-state index contributed by atoms with van der Waals surface area (Å²) in [6.07, 6.45) is -1.73. The van der Waals surface area contributed by atoms with Crippen LogP contribution in [0.25, 0.3) is 11.1 Å². The molecule has 0 aromatic heterocycles. The van der Waals surface area contributed by atoms with Crippen molar-refractivity contribution in [2.75, 3.05) is 26.4 Å². The minimum atomic E-state index is -1.09. The molecule has 1 heterocycles. The quantitative estimate of drug-likeness (QED) is 0.383. The standard InChI is InChI=1S/C32H34N2O7/c1-21(40-18-22-9-3-2-4-10-22)30(31(37)34-15-16-39-19-23(34)17-29(35)36)33-32(38)41-20-28-26-13-7-5-11-24(26)25-12-6-8-14-27(25)28/h2-14,21,23,28,30H,15-20H2,1H3,(H,33,38)(H,35,36)/t21-,23?,30+/m0/s1. The van der Waals surface area contributed by atoms with Gasteiger partial charge in [-0.3, -0.25) is 9.59 Å². The van der Waals surface area contributed by atoms with Gasteiger partial charge in [0.05, 0.1) is 38.4 Å². The Morgan fingerprint density at radius 3 is 2.27 bits per heavy atom. The highest BCUT2D eigenvalue weighted by Gasteiger charge is 2.38. The summed E-state index contributed by atoms with van der Waals surface area (Å²) >= 11 is 0. The van der Waals surface area contributed by atoms with E-state index in [9.17, 15) is 19.5 Å². The molecule has 2 N–H and O–H groups in total. The molecular weight excluding hydrogens is 524 g/mol. The summed E-state index contributed by atoms with van der Waals surface area (Å²) in [4.78, 5) is 39.9. The molecular formula is C32H34N2O7. The van der Waals surface area contributed by atoms with Gasteiger partial charge < -0.3 is 29.5 Å². The monoisotopic (exact) mass is 558 g/mol. The number of ether oxygens (including phenoxy) is 3. The third-order valence-electron chi connectivity index (χ3n) is 7.63. The van der Waals surface area contributed by atoms with Gasteiger partial charge in [-0.25, -0.2) is 4.79 Å². The number of fused-ring (bicyclic) bond motifs is 3. The topological polar surface area (TPSA) is 114 Å². The molecule has 0 saturated carbocycles. The molecule has 0 radical (unpaired) electrons. The zero-order valence-corrected chi connectivity index (χ0v) is 22.9. The van der Waals surface area contributed by atoms with E-state index in [0.29, 0.717) is 0 Å². The van der Waals surface area contributed by atoms with Gasteiger partial charge in [0.25, 0.3) is 0 Å². The number of hydrogen-bond donors (Lipinski definition) is 2. The molecule has 1 aliphatic carbocycles. The lowest BCUT2D eigenvalue weighted by atomic mass is 9.98. The molecule has 2 amide bonds. The van der Waals surface area contributed by atoms with Crippen molar-refractivity contribution in [2.45, 2.75) is 44.1 Å². The number of benzene rings is 3. The van der Waals surface area contributed by atoms with Crippen LogP contribution in [0.3, 0.4) is 0 Å². The third-order valence-corrected chi connectivity index (χ3v) is 7.63. The molecule has 5 rings (SSSR count). The van der Waals surface area contributed by atoms with Crippen LogP contribution in [0, 0.1) is 0 Å². The van der Waals surface area contributed by atoms with Crippen LogP contribution in [0.15, 0.2) is 78.9 Å². The molecule has 1 aliphatic heterocycles. The number of nitrogens with zero attached hydrogens (tertiary/aromatic N) is 1. The molecule has 1 saturated heterocycles. The number of aliphatic carboxylic acids is 1. The smallest absolute Gasteiger partial charge is 0.407 e. The van der Waals surface area contributed by atoms with E-state index < -0.39 is 36.2 Å². The third kappa shape index (κ3) is 6.58. The number of amides is 2. The van der Waals surface area contributed by atoms with Crippen LogP contribution >= 0.6 is 0 Å². The minimum Gasteiger partial charge on any atom is -0.481 e. The average Bonchev–Trinajstić information content (AvgIpc) is 3.31. The average molecular weight is 559 g/mol. The molecule has 0 spiro atoms. The molecule has 3 atom stereocenters. The molecule has 214 valence electrons. The van der Waals surface area contributed by atoms with Crippen molar-refractivity contribution in [3.8, 4) is 11.1 Å². The van der Waals surface area contributed by atoms with Crippen LogP contribution in [0.2, 0.25) is 0 Å². The lowest BCUT2D eigenvalue weighted by molar-refractivity contribution is -0.150. The molecule has 3 aromatic carbocycles. The van der Waals surface area contributed by atoms with Crippen LogP contribution in [0.5, 0.6) is 0 Å². The molecule has 2 aliphatic rings. The van der Waals surface area contributed by atoms with E-state index in [2.05, 4.69) is 17.4 Å². The molecule has 9 heteroatoms. The Morgan fingerprint density at radius 2 is 1.61 bits per heavy atom. The number of carbonyl (C=O) groups excluding carboxylic acids is 2. The van der Waals surface area contributed by atoms with Gasteiger partial charge in [0.1, 0.15) is 12.6 Å². The second-order valence-corrected chi connectivity index (χ2v) is 10.3. The van der Waals surface area contributed by atoms with Gasteiger partial charge in [-0.1, -0.05) is 78.9 Å². The van der Waals surface area contributed by atoms with Crippen molar-refractivity contribution in [1.29, 1.82) is 0 Å². The van der Waals surface area contributed by atoms with Crippen molar-refractivity contribution in [1.82, 2.24) is 10.2 Å². The first-order valence-electron chi connectivity index (χ1n) is 13.8. The lowest BCUT2D eigenvalue weighted by Crippen LogP contribution is -2.59. The van der Waals surface area contributed by atoms with Crippen LogP contribution in [-0.4, -0.2) is 72.5 Å². The predicted octanol–water partition coefficient (Wildman–Crippen LogP) is 4.20. The fourth-order valence-electron chi connectivity index (χ4n) is 5.54. The van der Waals surface area contributed by atoms with E-state index in [-0.39, 0.29) is 45.3 Å². The Morgan fingerprint density at radius 1 is 0.976 bits per heavy atom. The number of nitrogens with one attached hydrogen (secondary N) is 1. The number of hydrogen-bond acceptors (Lipinski definition) is 6. The van der Waals surface area contributed by atoms with Gasteiger partial charge in [0.2, 0.25) is 5.91 Å². The summed E-state index contributed by atoms with van der Waals surface area (Å²) < 4.78 is 17.2. The summed E-state index contributed by atoms with van der Waals surface area (Å²) in [5.41, 5.74) is 5.31. The van der Waals surface area contributed by atoms with E-state index in [1.54, 1.807) is 6.92 Å². The van der Waals surface area contributed by atoms with Gasteiger partial charge in [0.15, 0.2) is 0 Å². The number of alkyl carbamates (subject to hydrolysis) is 1. The zero-order valence-electron chi connectivity index (χ0n) is 22.9. The maximum atomic E-state index is 13.8. The number of carbonyl (C=O) groups is 3. The van der Waals surface area contributed by atoms with Crippen molar-refractivity contribution in [3.05, 3.63) is 95.6 Å². The number of morpholine rings is 1. The fourth-order valence-corrected chi connectivity index (χ4v) is 5.54. The summed E-state index contributed by atoms with van der Waals surface area (Å²) in [5.74, 6) is -1.60. The van der Waals surface area contributed by atoms with Gasteiger partial charge >= 0.3 is 12.1 Å². The molecule has 1 unspecified atom stereocenters. The van der Waals surface area contributed by atoms with E-state index in [1.807, 2.05) is 66.7 Å². The predicted molar refractivity (Wildman–Crippen MR) is 151 cm³/mol. The Bertz CT molecular complexity index is 1330. The SMILES string of the molecule is C[C@H](OCc1ccccc1)[C@@H](NC(=O)OCC1c2ccccc2-c2ccccc21)C(=O)N1CCOCC1CC(=O)O. The van der Waals surface area contributed by atoms with Crippen molar-refractivity contribution in [2.24, 2.45) is 0 Å². The summed E-state index contributed by atoms with van der Waals surface area (Å²) in [5, 5.41) is 12.1. The maximum Gasteiger partial charge on any atom is 0.407 e. The molecule has 41 heavy (non-hydrogen) atoms. The first kappa shape index (κ1) is 28.3. The largest absolute Gasteiger partial charge is 0.481 e. The molecule has 9 nitrogen and oxygen atoms in total. The highest BCUT2D eigenvalue weighted by atomic mass is 16.5. The van der Waals surface area contributed by atoms with Crippen LogP contribution < -0.4 is 5.32 Å². The maximum absolute atomic E-state index is 13.8. The number of carboxylic acid groups (broad SMARTS) is 1. The van der Waals surface area contributed by atoms with Gasteiger partial charge in [-0.15, -0.1) is 0 Å². The van der Waals surface area contributed by atoms with Crippen molar-refractivity contribution in [3.63, 3.8) is 0 Å².